The molecule has 0 unspecified atom stereocenters. The van der Waals surface area contributed by atoms with E-state index in [-0.39, 0.29) is 17.9 Å². The first-order valence-corrected chi connectivity index (χ1v) is 14.8. The highest BCUT2D eigenvalue weighted by Crippen LogP contribution is 2.40. The number of ether oxygens (including phenoxy) is 1. The fraction of sp³-hybridized carbons (Fsp3) is 0.850. The van der Waals surface area contributed by atoms with Gasteiger partial charge in [0.2, 0.25) is 0 Å². The van der Waals surface area contributed by atoms with Crippen LogP contribution < -0.4 is 0 Å². The summed E-state index contributed by atoms with van der Waals surface area (Å²) in [7, 11) is -8.13. The molecule has 0 radical (unpaired) electrons. The summed E-state index contributed by atoms with van der Waals surface area (Å²) < 4.78 is 76.7. The molecule has 32 heavy (non-hydrogen) atoms. The third-order valence-electron chi connectivity index (χ3n) is 5.78. The predicted octanol–water partition coefficient (Wildman–Crippen LogP) is 4.40. The number of nitrogens with zero attached hydrogens (tertiary/aromatic N) is 1. The lowest BCUT2D eigenvalue weighted by Gasteiger charge is -2.39. The molecule has 0 amide bonds. The molecule has 4 atom stereocenters. The molecule has 0 aromatic rings. The number of rotatable bonds is 11. The molecular weight excluding hydrogens is 467 g/mol. The van der Waals surface area contributed by atoms with Gasteiger partial charge in [0.25, 0.3) is 0 Å². The quantitative estimate of drug-likeness (QED) is 0.147. The number of nitriles is 1. The Bertz CT molecular complexity index is 774. The van der Waals surface area contributed by atoms with E-state index in [2.05, 4.69) is 4.18 Å². The first kappa shape index (κ1) is 29.1. The summed E-state index contributed by atoms with van der Waals surface area (Å²) in [6.07, 6.45) is 2.42. The van der Waals surface area contributed by atoms with E-state index in [1.807, 2.05) is 46.0 Å². The topological polar surface area (TPSA) is 106 Å². The molecule has 186 valence electrons. The number of hydrogen-bond acceptors (Lipinski definition) is 7. The van der Waals surface area contributed by atoms with Crippen LogP contribution in [0, 0.1) is 11.3 Å². The van der Waals surface area contributed by atoms with Crippen LogP contribution in [0.3, 0.4) is 0 Å². The van der Waals surface area contributed by atoms with Crippen molar-refractivity contribution in [1.29, 1.82) is 5.26 Å². The Morgan fingerprint density at radius 1 is 1.28 bits per heavy atom. The highest BCUT2D eigenvalue weighted by Gasteiger charge is 2.50. The number of halogens is 3. The standard InChI is InChI=1S/C20H34F3NO6SSi/c1-19(2,3)32(4,5)30-17-13-16(15(25)11-9-7-6-8-10-12-24)29-18(17)14-28-31(26,27)20(21,22)23/h7,9,15-18,25H,6,8,10-11,13-14H2,1-5H3/b9-7-/t15-,16+,17+,18+/m1/s1. The van der Waals surface area contributed by atoms with Crippen molar-refractivity contribution in [2.75, 3.05) is 6.61 Å². The van der Waals surface area contributed by atoms with Gasteiger partial charge in [-0.15, -0.1) is 0 Å². The Morgan fingerprint density at radius 3 is 2.44 bits per heavy atom. The molecule has 1 saturated heterocycles. The van der Waals surface area contributed by atoms with Crippen molar-refractivity contribution in [3.05, 3.63) is 12.2 Å². The molecule has 0 aliphatic carbocycles. The molecule has 1 aliphatic heterocycles. The molecule has 0 bridgehead atoms. The average Bonchev–Trinajstić information content (AvgIpc) is 3.03. The number of allylic oxidation sites excluding steroid dienone is 1. The molecule has 1 aliphatic rings. The Hall–Kier alpha value is -0.973. The summed E-state index contributed by atoms with van der Waals surface area (Å²) >= 11 is 0. The maximum absolute atomic E-state index is 12.6. The van der Waals surface area contributed by atoms with Crippen LogP contribution in [0.2, 0.25) is 18.1 Å². The van der Waals surface area contributed by atoms with Crippen LogP contribution in [0.1, 0.15) is 52.9 Å². The van der Waals surface area contributed by atoms with E-state index in [4.69, 9.17) is 14.4 Å². The van der Waals surface area contributed by atoms with E-state index >= 15 is 0 Å². The van der Waals surface area contributed by atoms with Crippen molar-refractivity contribution in [2.24, 2.45) is 0 Å². The van der Waals surface area contributed by atoms with Gasteiger partial charge in [0.05, 0.1) is 31.0 Å². The zero-order valence-electron chi connectivity index (χ0n) is 19.2. The fourth-order valence-electron chi connectivity index (χ4n) is 2.85. The van der Waals surface area contributed by atoms with Crippen molar-refractivity contribution < 1.29 is 40.0 Å². The van der Waals surface area contributed by atoms with Crippen LogP contribution in [-0.4, -0.2) is 58.4 Å². The smallest absolute Gasteiger partial charge is 0.411 e. The summed E-state index contributed by atoms with van der Waals surface area (Å²) in [6, 6.07) is 2.04. The number of aliphatic hydroxyl groups is 1. The Morgan fingerprint density at radius 2 is 1.91 bits per heavy atom. The highest BCUT2D eigenvalue weighted by molar-refractivity contribution is 7.87. The van der Waals surface area contributed by atoms with E-state index < -0.39 is 55.0 Å². The van der Waals surface area contributed by atoms with Gasteiger partial charge in [-0.3, -0.25) is 4.18 Å². The average molecular weight is 502 g/mol. The largest absolute Gasteiger partial charge is 0.523 e. The molecule has 0 aromatic heterocycles. The summed E-state index contributed by atoms with van der Waals surface area (Å²) in [6.45, 7) is 9.07. The Kier molecular flexibility index (Phi) is 10.4. The number of aliphatic hydroxyl groups excluding tert-OH is 1. The van der Waals surface area contributed by atoms with Crippen molar-refractivity contribution in [3.63, 3.8) is 0 Å². The van der Waals surface area contributed by atoms with Crippen molar-refractivity contribution in [2.45, 2.75) is 101 Å². The lowest BCUT2D eigenvalue weighted by Crippen LogP contribution is -2.47. The molecule has 12 heteroatoms. The van der Waals surface area contributed by atoms with Crippen molar-refractivity contribution in [1.82, 2.24) is 0 Å². The van der Waals surface area contributed by atoms with Crippen LogP contribution in [0.4, 0.5) is 13.2 Å². The van der Waals surface area contributed by atoms with Crippen LogP contribution >= 0.6 is 0 Å². The Labute approximate surface area is 189 Å². The van der Waals surface area contributed by atoms with Crippen molar-refractivity contribution >= 4 is 18.4 Å². The van der Waals surface area contributed by atoms with Gasteiger partial charge in [-0.2, -0.15) is 26.9 Å². The van der Waals surface area contributed by atoms with E-state index in [0.717, 1.165) is 0 Å². The van der Waals surface area contributed by atoms with Crippen LogP contribution in [0.25, 0.3) is 0 Å². The summed E-state index contributed by atoms with van der Waals surface area (Å²) in [5.41, 5.74) is -5.53. The van der Waals surface area contributed by atoms with Gasteiger partial charge < -0.3 is 14.3 Å². The molecule has 7 nitrogen and oxygen atoms in total. The molecule has 1 fully saturated rings. The second-order valence-electron chi connectivity index (χ2n) is 9.37. The Balaban J connectivity index is 2.87. The maximum Gasteiger partial charge on any atom is 0.523 e. The van der Waals surface area contributed by atoms with E-state index in [0.29, 0.717) is 19.3 Å². The molecular formula is C20H34F3NO6SSi. The second-order valence-corrected chi connectivity index (χ2v) is 15.7. The highest BCUT2D eigenvalue weighted by atomic mass is 32.2. The summed E-state index contributed by atoms with van der Waals surface area (Å²) in [5.74, 6) is 0. The minimum Gasteiger partial charge on any atom is -0.411 e. The van der Waals surface area contributed by atoms with Gasteiger partial charge >= 0.3 is 15.6 Å². The molecule has 0 aromatic carbocycles. The second kappa shape index (κ2) is 11.4. The van der Waals surface area contributed by atoms with Gasteiger partial charge in [-0.25, -0.2) is 0 Å². The van der Waals surface area contributed by atoms with Crippen LogP contribution in [0.15, 0.2) is 12.2 Å². The number of hydrogen-bond donors (Lipinski definition) is 1. The molecule has 0 saturated carbocycles. The lowest BCUT2D eigenvalue weighted by atomic mass is 10.0. The van der Waals surface area contributed by atoms with Gasteiger partial charge in [-0.1, -0.05) is 32.9 Å². The maximum atomic E-state index is 12.6. The van der Waals surface area contributed by atoms with Gasteiger partial charge in [0.15, 0.2) is 8.32 Å². The lowest BCUT2D eigenvalue weighted by molar-refractivity contribution is -0.0711. The van der Waals surface area contributed by atoms with Crippen LogP contribution in [-0.2, 0) is 23.5 Å². The first-order valence-electron chi connectivity index (χ1n) is 10.5. The minimum atomic E-state index is -5.76. The van der Waals surface area contributed by atoms with E-state index in [9.17, 15) is 26.7 Å². The number of alkyl halides is 3. The fourth-order valence-corrected chi connectivity index (χ4v) is 4.66. The normalized spacial score (nSPS) is 24.1. The predicted molar refractivity (Wildman–Crippen MR) is 116 cm³/mol. The number of unbranched alkanes of at least 4 members (excludes halogenated alkanes) is 2. The first-order chi connectivity index (χ1) is 14.5. The van der Waals surface area contributed by atoms with E-state index in [1.54, 1.807) is 6.08 Å². The van der Waals surface area contributed by atoms with Crippen LogP contribution in [0.5, 0.6) is 0 Å². The van der Waals surface area contributed by atoms with Gasteiger partial charge in [0, 0.05) is 12.8 Å². The monoisotopic (exact) mass is 501 g/mol. The van der Waals surface area contributed by atoms with Gasteiger partial charge in [0.1, 0.15) is 6.10 Å². The summed E-state index contributed by atoms with van der Waals surface area (Å²) in [4.78, 5) is 0. The molecule has 1 N–H and O–H groups in total. The third kappa shape index (κ3) is 8.42. The zero-order valence-corrected chi connectivity index (χ0v) is 21.0. The van der Waals surface area contributed by atoms with Crippen molar-refractivity contribution in [3.8, 4) is 6.07 Å². The molecule has 1 heterocycles. The molecule has 0 spiro atoms. The zero-order chi connectivity index (χ0) is 24.8. The third-order valence-corrected chi connectivity index (χ3v) is 11.3. The molecule has 1 rings (SSSR count). The minimum absolute atomic E-state index is 0.195. The summed E-state index contributed by atoms with van der Waals surface area (Å²) in [5, 5.41) is 18.8. The van der Waals surface area contributed by atoms with E-state index in [1.165, 1.54) is 0 Å². The SMILES string of the molecule is CC(C)(C)[Si](C)(C)O[C@H]1C[C@@H]([C@H](O)C/C=C\CCCC#N)O[C@H]1COS(=O)(=O)C(F)(F)F. The van der Waals surface area contributed by atoms with Gasteiger partial charge in [-0.05, 0) is 37.4 Å².